The maximum Gasteiger partial charge on any atom is 0.191 e. The molecule has 0 amide bonds. The van der Waals surface area contributed by atoms with E-state index in [4.69, 9.17) is 9.73 Å². The summed E-state index contributed by atoms with van der Waals surface area (Å²) in [5.41, 5.74) is 0. The molecular formula is C18H35N7OS. The van der Waals surface area contributed by atoms with Crippen molar-refractivity contribution in [2.24, 2.45) is 12.0 Å². The molecule has 8 nitrogen and oxygen atoms in total. The zero-order valence-electron chi connectivity index (χ0n) is 17.4. The fraction of sp³-hybridized carbons (Fsp3) is 0.833. The van der Waals surface area contributed by atoms with Gasteiger partial charge in [0.2, 0.25) is 0 Å². The lowest BCUT2D eigenvalue weighted by molar-refractivity contribution is 0.0389. The van der Waals surface area contributed by atoms with Gasteiger partial charge in [0.05, 0.1) is 13.2 Å². The molecule has 0 spiro atoms. The highest BCUT2D eigenvalue weighted by Crippen LogP contribution is 2.21. The van der Waals surface area contributed by atoms with Gasteiger partial charge in [-0.25, -0.2) is 4.99 Å². The Morgan fingerprint density at radius 2 is 1.89 bits per heavy atom. The van der Waals surface area contributed by atoms with E-state index in [1.54, 1.807) is 0 Å². The molecule has 27 heavy (non-hydrogen) atoms. The third-order valence-corrected chi connectivity index (χ3v) is 5.59. The van der Waals surface area contributed by atoms with E-state index in [2.05, 4.69) is 46.5 Å². The third kappa shape index (κ3) is 8.49. The van der Waals surface area contributed by atoms with Crippen molar-refractivity contribution >= 4 is 17.7 Å². The minimum absolute atomic E-state index is 0.277. The van der Waals surface area contributed by atoms with Gasteiger partial charge in [-0.3, -0.25) is 4.90 Å². The standard InChI is InChI=1S/C18H35N7OS/c1-15-22-23-16(24(15)5)14-21-17(20-7-13-27-18(2,3)4)19-6-8-25-9-11-26-12-10-25/h6-14H2,1-5H3,(H2,19,20,21). The van der Waals surface area contributed by atoms with Gasteiger partial charge in [0.1, 0.15) is 12.4 Å². The van der Waals surface area contributed by atoms with Crippen LogP contribution in [0.15, 0.2) is 4.99 Å². The summed E-state index contributed by atoms with van der Waals surface area (Å²) in [6.45, 7) is 15.6. The Morgan fingerprint density at radius 1 is 1.19 bits per heavy atom. The summed E-state index contributed by atoms with van der Waals surface area (Å²) < 4.78 is 7.66. The highest BCUT2D eigenvalue weighted by molar-refractivity contribution is 8.00. The smallest absolute Gasteiger partial charge is 0.191 e. The second kappa shape index (κ2) is 10.9. The van der Waals surface area contributed by atoms with Crippen LogP contribution < -0.4 is 10.6 Å². The molecule has 0 saturated carbocycles. The third-order valence-electron chi connectivity index (χ3n) is 4.32. The molecule has 154 valence electrons. The van der Waals surface area contributed by atoms with Gasteiger partial charge in [0.25, 0.3) is 0 Å². The van der Waals surface area contributed by atoms with Crippen molar-refractivity contribution in [1.82, 2.24) is 30.3 Å². The Balaban J connectivity index is 1.84. The van der Waals surface area contributed by atoms with Crippen LogP contribution in [-0.4, -0.2) is 82.1 Å². The number of morpholine rings is 1. The number of ether oxygens (including phenoxy) is 1. The van der Waals surface area contributed by atoms with Crippen molar-refractivity contribution in [2.45, 2.75) is 39.0 Å². The van der Waals surface area contributed by atoms with Crippen molar-refractivity contribution in [3.05, 3.63) is 11.6 Å². The van der Waals surface area contributed by atoms with Crippen molar-refractivity contribution in [1.29, 1.82) is 0 Å². The number of aliphatic imine (C=N–C) groups is 1. The lowest BCUT2D eigenvalue weighted by Crippen LogP contribution is -2.45. The van der Waals surface area contributed by atoms with Crippen LogP contribution in [-0.2, 0) is 18.3 Å². The van der Waals surface area contributed by atoms with E-state index in [9.17, 15) is 0 Å². The quantitative estimate of drug-likeness (QED) is 0.385. The molecule has 9 heteroatoms. The van der Waals surface area contributed by atoms with Crippen LogP contribution in [0, 0.1) is 6.92 Å². The summed E-state index contributed by atoms with van der Waals surface area (Å²) in [6, 6.07) is 0. The summed E-state index contributed by atoms with van der Waals surface area (Å²) in [5, 5.41) is 15.2. The Hall–Kier alpha value is -1.32. The molecule has 0 aromatic carbocycles. The molecule has 2 heterocycles. The Kier molecular flexibility index (Phi) is 8.85. The summed E-state index contributed by atoms with van der Waals surface area (Å²) in [4.78, 5) is 7.12. The number of rotatable bonds is 8. The van der Waals surface area contributed by atoms with E-state index in [1.165, 1.54) is 0 Å². The lowest BCUT2D eigenvalue weighted by Gasteiger charge is -2.26. The van der Waals surface area contributed by atoms with Crippen molar-refractivity contribution < 1.29 is 4.74 Å². The Labute approximate surface area is 167 Å². The van der Waals surface area contributed by atoms with E-state index >= 15 is 0 Å². The number of aromatic nitrogens is 3. The molecule has 2 N–H and O–H groups in total. The SMILES string of the molecule is Cc1nnc(CN=C(NCCSC(C)(C)C)NCCN2CCOCC2)n1C. The minimum Gasteiger partial charge on any atom is -0.379 e. The second-order valence-electron chi connectivity index (χ2n) is 7.66. The van der Waals surface area contributed by atoms with E-state index in [-0.39, 0.29) is 4.75 Å². The van der Waals surface area contributed by atoms with Crippen LogP contribution in [0.1, 0.15) is 32.4 Å². The molecule has 0 bridgehead atoms. The van der Waals surface area contributed by atoms with E-state index in [0.717, 1.165) is 69.3 Å². The molecule has 0 aliphatic carbocycles. The van der Waals surface area contributed by atoms with E-state index in [1.807, 2.05) is 30.3 Å². The largest absolute Gasteiger partial charge is 0.379 e. The molecule has 0 radical (unpaired) electrons. The lowest BCUT2D eigenvalue weighted by atomic mass is 10.3. The van der Waals surface area contributed by atoms with Crippen molar-refractivity contribution in [2.75, 3.05) is 51.7 Å². The monoisotopic (exact) mass is 397 g/mol. The predicted octanol–water partition coefficient (Wildman–Crippen LogP) is 1.02. The highest BCUT2D eigenvalue weighted by atomic mass is 32.2. The normalized spacial score (nSPS) is 16.6. The Morgan fingerprint density at radius 3 is 2.52 bits per heavy atom. The fourth-order valence-electron chi connectivity index (χ4n) is 2.60. The number of thioether (sulfide) groups is 1. The maximum atomic E-state index is 5.41. The molecule has 2 rings (SSSR count). The van der Waals surface area contributed by atoms with Crippen LogP contribution in [0.5, 0.6) is 0 Å². The van der Waals surface area contributed by atoms with E-state index in [0.29, 0.717) is 6.54 Å². The molecule has 1 fully saturated rings. The number of aryl methyl sites for hydroxylation is 1. The fourth-order valence-corrected chi connectivity index (χ4v) is 3.41. The van der Waals surface area contributed by atoms with Gasteiger partial charge in [-0.15, -0.1) is 10.2 Å². The summed E-state index contributed by atoms with van der Waals surface area (Å²) in [7, 11) is 1.97. The first-order valence-corrected chi connectivity index (χ1v) is 10.6. The first-order valence-electron chi connectivity index (χ1n) is 9.66. The minimum atomic E-state index is 0.277. The first-order chi connectivity index (χ1) is 12.8. The molecule has 1 saturated heterocycles. The summed E-state index contributed by atoms with van der Waals surface area (Å²) >= 11 is 1.95. The van der Waals surface area contributed by atoms with Crippen molar-refractivity contribution in [3.8, 4) is 0 Å². The van der Waals surface area contributed by atoms with Gasteiger partial charge in [0.15, 0.2) is 11.8 Å². The number of guanidine groups is 1. The number of nitrogens with zero attached hydrogens (tertiary/aromatic N) is 5. The average Bonchev–Trinajstić information content (AvgIpc) is 2.94. The molecule has 0 unspecified atom stereocenters. The number of hydrogen-bond donors (Lipinski definition) is 2. The molecule has 0 atom stereocenters. The van der Waals surface area contributed by atoms with Crippen LogP contribution in [0.25, 0.3) is 0 Å². The van der Waals surface area contributed by atoms with Crippen LogP contribution in [0.2, 0.25) is 0 Å². The topological polar surface area (TPSA) is 79.6 Å². The van der Waals surface area contributed by atoms with E-state index < -0.39 is 0 Å². The van der Waals surface area contributed by atoms with Crippen molar-refractivity contribution in [3.63, 3.8) is 0 Å². The number of hydrogen-bond acceptors (Lipinski definition) is 6. The predicted molar refractivity (Wildman–Crippen MR) is 112 cm³/mol. The molecule has 1 aromatic rings. The maximum absolute atomic E-state index is 5.41. The highest BCUT2D eigenvalue weighted by Gasteiger charge is 2.12. The first kappa shape index (κ1) is 22.0. The van der Waals surface area contributed by atoms with Crippen LogP contribution >= 0.6 is 11.8 Å². The van der Waals surface area contributed by atoms with Gasteiger partial charge in [0, 0.05) is 50.3 Å². The zero-order valence-corrected chi connectivity index (χ0v) is 18.2. The van der Waals surface area contributed by atoms with Crippen LogP contribution in [0.4, 0.5) is 0 Å². The van der Waals surface area contributed by atoms with Gasteiger partial charge in [-0.05, 0) is 6.92 Å². The molecule has 1 aliphatic heterocycles. The summed E-state index contributed by atoms with van der Waals surface area (Å²) in [5.74, 6) is 3.64. The molecular weight excluding hydrogens is 362 g/mol. The second-order valence-corrected chi connectivity index (χ2v) is 9.58. The van der Waals surface area contributed by atoms with Crippen LogP contribution in [0.3, 0.4) is 0 Å². The van der Waals surface area contributed by atoms with Gasteiger partial charge < -0.3 is 19.9 Å². The summed E-state index contributed by atoms with van der Waals surface area (Å²) in [6.07, 6.45) is 0. The van der Waals surface area contributed by atoms with Gasteiger partial charge >= 0.3 is 0 Å². The molecule has 1 aliphatic rings. The zero-order chi connectivity index (χ0) is 19.7. The Bertz CT molecular complexity index is 591. The number of nitrogens with one attached hydrogen (secondary N) is 2. The van der Waals surface area contributed by atoms with Gasteiger partial charge in [-0.2, -0.15) is 11.8 Å². The van der Waals surface area contributed by atoms with Gasteiger partial charge in [-0.1, -0.05) is 20.8 Å². The average molecular weight is 398 g/mol. The molecule has 1 aromatic heterocycles.